The molecule has 0 spiro atoms. The van der Waals surface area contributed by atoms with Crippen molar-refractivity contribution in [3.8, 4) is 17.2 Å². The number of unbranched alkanes of at least 4 members (excludes halogenated alkanes) is 2. The molecule has 0 aliphatic rings. The first-order valence-electron chi connectivity index (χ1n) is 6.97. The van der Waals surface area contributed by atoms with Crippen molar-refractivity contribution in [3.05, 3.63) is 18.2 Å². The molecule has 0 aliphatic carbocycles. The summed E-state index contributed by atoms with van der Waals surface area (Å²) in [6, 6.07) is 4.48. The average molecular weight is 268 g/mol. The van der Waals surface area contributed by atoms with Crippen molar-refractivity contribution in [2.75, 3.05) is 6.61 Å². The Hall–Kier alpha value is -1.42. The lowest BCUT2D eigenvalue weighted by Crippen LogP contribution is -2.09. The van der Waals surface area contributed by atoms with Crippen LogP contribution in [0.5, 0.6) is 17.2 Å². The van der Waals surface area contributed by atoms with Crippen LogP contribution < -0.4 is 4.74 Å². The number of rotatable bonds is 9. The lowest BCUT2D eigenvalue weighted by atomic mass is 10.1. The number of benzene rings is 1. The summed E-state index contributed by atoms with van der Waals surface area (Å²) in [5.41, 5.74) is 0. The number of hydrogen-bond donors (Lipinski definition) is 3. The molecule has 1 rings (SSSR count). The summed E-state index contributed by atoms with van der Waals surface area (Å²) in [7, 11) is 0. The molecule has 0 aromatic heterocycles. The van der Waals surface area contributed by atoms with E-state index >= 15 is 0 Å². The van der Waals surface area contributed by atoms with Crippen LogP contribution in [0.15, 0.2) is 18.2 Å². The van der Waals surface area contributed by atoms with Gasteiger partial charge in [-0.3, -0.25) is 0 Å². The molecular weight excluding hydrogens is 244 g/mol. The first kappa shape index (κ1) is 15.6. The van der Waals surface area contributed by atoms with Crippen molar-refractivity contribution in [3.63, 3.8) is 0 Å². The molecule has 0 aliphatic heterocycles. The number of phenolic OH excluding ortho intramolecular Hbond substituents is 2. The van der Waals surface area contributed by atoms with Crippen molar-refractivity contribution in [2.45, 2.75) is 51.6 Å². The van der Waals surface area contributed by atoms with E-state index in [1.54, 1.807) is 6.07 Å². The fourth-order valence-electron chi connectivity index (χ4n) is 1.93. The summed E-state index contributed by atoms with van der Waals surface area (Å²) in [6.07, 6.45) is 5.28. The van der Waals surface area contributed by atoms with Crippen LogP contribution in [0.25, 0.3) is 0 Å². The van der Waals surface area contributed by atoms with Crippen molar-refractivity contribution in [1.29, 1.82) is 0 Å². The minimum absolute atomic E-state index is 0.0662. The van der Waals surface area contributed by atoms with Crippen LogP contribution in [0.3, 0.4) is 0 Å². The summed E-state index contributed by atoms with van der Waals surface area (Å²) in [5, 5.41) is 28.7. The quantitative estimate of drug-likeness (QED) is 0.601. The molecule has 0 bridgehead atoms. The molecule has 4 nitrogen and oxygen atoms in total. The van der Waals surface area contributed by atoms with E-state index in [9.17, 15) is 15.3 Å². The molecular formula is C15H24O4. The van der Waals surface area contributed by atoms with Gasteiger partial charge < -0.3 is 20.1 Å². The second-order valence-electron chi connectivity index (χ2n) is 4.77. The average Bonchev–Trinajstić information content (AvgIpc) is 2.37. The summed E-state index contributed by atoms with van der Waals surface area (Å²) in [5.74, 6) is -0.0186. The van der Waals surface area contributed by atoms with Crippen molar-refractivity contribution in [2.24, 2.45) is 0 Å². The van der Waals surface area contributed by atoms with Gasteiger partial charge in [0.05, 0.1) is 12.7 Å². The largest absolute Gasteiger partial charge is 0.504 e. The SMILES string of the molecule is CCCCCC(O)CCCOc1c(O)cccc1O. The maximum Gasteiger partial charge on any atom is 0.203 e. The van der Waals surface area contributed by atoms with Gasteiger partial charge in [0.1, 0.15) is 0 Å². The number of hydrogen-bond acceptors (Lipinski definition) is 4. The highest BCUT2D eigenvalue weighted by atomic mass is 16.5. The van der Waals surface area contributed by atoms with Gasteiger partial charge in [-0.15, -0.1) is 0 Å². The first-order valence-corrected chi connectivity index (χ1v) is 6.97. The Bertz CT molecular complexity index is 345. The molecule has 0 amide bonds. The van der Waals surface area contributed by atoms with Gasteiger partial charge >= 0.3 is 0 Å². The highest BCUT2D eigenvalue weighted by Crippen LogP contribution is 2.35. The Morgan fingerprint density at radius 2 is 1.68 bits per heavy atom. The molecule has 1 unspecified atom stereocenters. The van der Waals surface area contributed by atoms with Crippen molar-refractivity contribution < 1.29 is 20.1 Å². The molecule has 1 aromatic carbocycles. The van der Waals surface area contributed by atoms with Gasteiger partial charge in [0.2, 0.25) is 5.75 Å². The smallest absolute Gasteiger partial charge is 0.203 e. The fourth-order valence-corrected chi connectivity index (χ4v) is 1.93. The molecule has 1 atom stereocenters. The van der Waals surface area contributed by atoms with Crippen LogP contribution in [0, 0.1) is 0 Å². The molecule has 0 fully saturated rings. The number of aromatic hydroxyl groups is 2. The Morgan fingerprint density at radius 1 is 1.05 bits per heavy atom. The molecule has 0 radical (unpaired) electrons. The van der Waals surface area contributed by atoms with E-state index in [4.69, 9.17) is 4.74 Å². The third-order valence-electron chi connectivity index (χ3n) is 3.04. The Kier molecular flexibility index (Phi) is 7.11. The zero-order chi connectivity index (χ0) is 14.1. The third kappa shape index (κ3) is 5.83. The van der Waals surface area contributed by atoms with Crippen LogP contribution >= 0.6 is 0 Å². The van der Waals surface area contributed by atoms with E-state index in [0.29, 0.717) is 19.4 Å². The van der Waals surface area contributed by atoms with E-state index in [1.165, 1.54) is 12.1 Å². The van der Waals surface area contributed by atoms with Crippen molar-refractivity contribution in [1.82, 2.24) is 0 Å². The monoisotopic (exact) mass is 268 g/mol. The normalized spacial score (nSPS) is 12.3. The number of aliphatic hydroxyl groups is 1. The molecule has 0 saturated heterocycles. The van der Waals surface area contributed by atoms with Gasteiger partial charge in [0, 0.05) is 0 Å². The highest BCUT2D eigenvalue weighted by Gasteiger charge is 2.08. The van der Waals surface area contributed by atoms with Crippen LogP contribution in [-0.4, -0.2) is 28.0 Å². The zero-order valence-corrected chi connectivity index (χ0v) is 11.5. The van der Waals surface area contributed by atoms with Crippen LogP contribution in [0.4, 0.5) is 0 Å². The summed E-state index contributed by atoms with van der Waals surface area (Å²) in [6.45, 7) is 2.51. The van der Waals surface area contributed by atoms with Gasteiger partial charge in [-0.25, -0.2) is 0 Å². The molecule has 19 heavy (non-hydrogen) atoms. The number of phenols is 2. The Labute approximate surface area is 114 Å². The third-order valence-corrected chi connectivity index (χ3v) is 3.04. The standard InChI is InChI=1S/C15H24O4/c1-2-3-4-7-12(16)8-6-11-19-15-13(17)9-5-10-14(15)18/h5,9-10,12,16-18H,2-4,6-8,11H2,1H3. The van der Waals surface area contributed by atoms with E-state index in [1.807, 2.05) is 0 Å². The topological polar surface area (TPSA) is 69.9 Å². The van der Waals surface area contributed by atoms with Crippen molar-refractivity contribution >= 4 is 0 Å². The Balaban J connectivity index is 2.20. The molecule has 0 saturated carbocycles. The van der Waals surface area contributed by atoms with Gasteiger partial charge in [-0.2, -0.15) is 0 Å². The zero-order valence-electron chi connectivity index (χ0n) is 11.5. The molecule has 108 valence electrons. The van der Waals surface area contributed by atoms with E-state index in [0.717, 1.165) is 25.7 Å². The maximum atomic E-state index is 9.73. The minimum Gasteiger partial charge on any atom is -0.504 e. The molecule has 4 heteroatoms. The van der Waals surface area contributed by atoms with E-state index in [2.05, 4.69) is 6.92 Å². The predicted octanol–water partition coefficient (Wildman–Crippen LogP) is 3.20. The first-order chi connectivity index (χ1) is 9.15. The van der Waals surface area contributed by atoms with Gasteiger partial charge in [0.25, 0.3) is 0 Å². The number of ether oxygens (including phenoxy) is 1. The van der Waals surface area contributed by atoms with E-state index < -0.39 is 0 Å². The maximum absolute atomic E-state index is 9.73. The van der Waals surface area contributed by atoms with Gasteiger partial charge in [-0.1, -0.05) is 32.3 Å². The number of aliphatic hydroxyl groups excluding tert-OH is 1. The summed E-state index contributed by atoms with van der Waals surface area (Å²) in [4.78, 5) is 0. The Morgan fingerprint density at radius 3 is 2.32 bits per heavy atom. The van der Waals surface area contributed by atoms with E-state index in [-0.39, 0.29) is 23.4 Å². The van der Waals surface area contributed by atoms with Crippen LogP contribution in [-0.2, 0) is 0 Å². The summed E-state index contributed by atoms with van der Waals surface area (Å²) >= 11 is 0. The minimum atomic E-state index is -0.284. The lowest BCUT2D eigenvalue weighted by molar-refractivity contribution is 0.139. The lowest BCUT2D eigenvalue weighted by Gasteiger charge is -2.12. The molecule has 1 aromatic rings. The molecule has 3 N–H and O–H groups in total. The summed E-state index contributed by atoms with van der Waals surface area (Å²) < 4.78 is 5.33. The second kappa shape index (κ2) is 8.64. The van der Waals surface area contributed by atoms with Gasteiger partial charge in [0.15, 0.2) is 11.5 Å². The van der Waals surface area contributed by atoms with Gasteiger partial charge in [-0.05, 0) is 31.4 Å². The predicted molar refractivity (Wildman–Crippen MR) is 74.6 cm³/mol. The highest BCUT2D eigenvalue weighted by molar-refractivity contribution is 5.49. The fraction of sp³-hybridized carbons (Fsp3) is 0.600. The molecule has 0 heterocycles. The van der Waals surface area contributed by atoms with Crippen LogP contribution in [0.1, 0.15) is 45.4 Å². The second-order valence-corrected chi connectivity index (χ2v) is 4.77. The number of para-hydroxylation sites is 1. The van der Waals surface area contributed by atoms with Crippen LogP contribution in [0.2, 0.25) is 0 Å².